The standard InChI is InChI=1S/C15H19FN4O2S/c1-3-15(2,9-21)18-13(22)17-14-20-19-12(23-14)8-10-6-4-5-7-11(10)16/h4-7,21H,3,8-9H2,1-2H3,(H2,17,18,20,22). The van der Waals surface area contributed by atoms with E-state index in [0.29, 0.717) is 28.5 Å². The number of aliphatic hydroxyl groups excluding tert-OH is 1. The number of aliphatic hydroxyl groups is 1. The van der Waals surface area contributed by atoms with E-state index in [4.69, 9.17) is 0 Å². The molecule has 1 aromatic heterocycles. The lowest BCUT2D eigenvalue weighted by Crippen LogP contribution is -2.50. The number of amides is 2. The lowest BCUT2D eigenvalue weighted by atomic mass is 10.0. The number of urea groups is 1. The van der Waals surface area contributed by atoms with Gasteiger partial charge in [-0.1, -0.05) is 36.5 Å². The van der Waals surface area contributed by atoms with Crippen LogP contribution in [0, 0.1) is 5.82 Å². The summed E-state index contributed by atoms with van der Waals surface area (Å²) in [4.78, 5) is 11.9. The first-order valence-corrected chi connectivity index (χ1v) is 8.03. The summed E-state index contributed by atoms with van der Waals surface area (Å²) in [6.45, 7) is 3.45. The molecule has 0 saturated carbocycles. The molecule has 1 heterocycles. The molecule has 0 saturated heterocycles. The van der Waals surface area contributed by atoms with Gasteiger partial charge in [-0.15, -0.1) is 10.2 Å². The van der Waals surface area contributed by atoms with Gasteiger partial charge in [-0.3, -0.25) is 5.32 Å². The summed E-state index contributed by atoms with van der Waals surface area (Å²) in [5.74, 6) is -0.295. The number of hydrogen-bond donors (Lipinski definition) is 3. The number of benzene rings is 1. The number of carbonyl (C=O) groups is 1. The van der Waals surface area contributed by atoms with Crippen LogP contribution in [0.5, 0.6) is 0 Å². The number of aromatic nitrogens is 2. The Labute approximate surface area is 137 Å². The van der Waals surface area contributed by atoms with Crippen molar-refractivity contribution in [3.63, 3.8) is 0 Å². The van der Waals surface area contributed by atoms with E-state index in [0.717, 1.165) is 0 Å². The Hall–Kier alpha value is -2.06. The van der Waals surface area contributed by atoms with Crippen LogP contribution in [-0.2, 0) is 6.42 Å². The van der Waals surface area contributed by atoms with Crippen molar-refractivity contribution in [1.29, 1.82) is 0 Å². The van der Waals surface area contributed by atoms with E-state index in [-0.39, 0.29) is 12.4 Å². The van der Waals surface area contributed by atoms with E-state index >= 15 is 0 Å². The van der Waals surface area contributed by atoms with Crippen LogP contribution in [0.2, 0.25) is 0 Å². The van der Waals surface area contributed by atoms with Crippen LogP contribution in [0.4, 0.5) is 14.3 Å². The molecule has 1 atom stereocenters. The molecule has 0 bridgehead atoms. The summed E-state index contributed by atoms with van der Waals surface area (Å²) in [6.07, 6.45) is 0.905. The van der Waals surface area contributed by atoms with Gasteiger partial charge in [0.2, 0.25) is 5.13 Å². The SMILES string of the molecule is CCC(C)(CO)NC(=O)Nc1nnc(Cc2ccccc2F)s1. The number of nitrogens with one attached hydrogen (secondary N) is 2. The molecule has 2 amide bonds. The van der Waals surface area contributed by atoms with Crippen molar-refractivity contribution in [3.8, 4) is 0 Å². The lowest BCUT2D eigenvalue weighted by molar-refractivity contribution is 0.172. The highest BCUT2D eigenvalue weighted by Gasteiger charge is 2.23. The molecule has 0 aliphatic carbocycles. The molecule has 23 heavy (non-hydrogen) atoms. The summed E-state index contributed by atoms with van der Waals surface area (Å²) in [6, 6.07) is 6.00. The Bertz CT molecular complexity index is 673. The minimum Gasteiger partial charge on any atom is -0.394 e. The highest BCUT2D eigenvalue weighted by atomic mass is 32.1. The summed E-state index contributed by atoms with van der Waals surface area (Å²) >= 11 is 1.18. The summed E-state index contributed by atoms with van der Waals surface area (Å²) < 4.78 is 13.6. The van der Waals surface area contributed by atoms with Gasteiger partial charge in [0.25, 0.3) is 0 Å². The van der Waals surface area contributed by atoms with Crippen LogP contribution < -0.4 is 10.6 Å². The number of hydrogen-bond acceptors (Lipinski definition) is 5. The maximum absolute atomic E-state index is 13.6. The second-order valence-corrected chi connectivity index (χ2v) is 6.48. The third-order valence-corrected chi connectivity index (χ3v) is 4.37. The second-order valence-electron chi connectivity index (χ2n) is 5.42. The maximum Gasteiger partial charge on any atom is 0.321 e. The number of halogens is 1. The number of carbonyl (C=O) groups excluding carboxylic acids is 1. The van der Waals surface area contributed by atoms with Crippen LogP contribution in [0.15, 0.2) is 24.3 Å². The van der Waals surface area contributed by atoms with Gasteiger partial charge in [0, 0.05) is 6.42 Å². The quantitative estimate of drug-likeness (QED) is 0.755. The van der Waals surface area contributed by atoms with Crippen LogP contribution in [-0.4, -0.2) is 33.5 Å². The summed E-state index contributed by atoms with van der Waals surface area (Å²) in [5.41, 5.74) is -0.163. The zero-order valence-corrected chi connectivity index (χ0v) is 13.8. The predicted octanol–water partition coefficient (Wildman–Crippen LogP) is 2.55. The molecule has 0 aliphatic rings. The van der Waals surface area contributed by atoms with E-state index in [1.54, 1.807) is 25.1 Å². The molecule has 0 spiro atoms. The van der Waals surface area contributed by atoms with E-state index in [1.165, 1.54) is 17.4 Å². The number of nitrogens with zero attached hydrogens (tertiary/aromatic N) is 2. The predicted molar refractivity (Wildman–Crippen MR) is 87.1 cm³/mol. The monoisotopic (exact) mass is 338 g/mol. The van der Waals surface area contributed by atoms with Crippen LogP contribution >= 0.6 is 11.3 Å². The van der Waals surface area contributed by atoms with Crippen molar-refractivity contribution >= 4 is 22.5 Å². The first kappa shape index (κ1) is 17.3. The molecule has 0 fully saturated rings. The molecule has 1 unspecified atom stereocenters. The van der Waals surface area contributed by atoms with Gasteiger partial charge >= 0.3 is 6.03 Å². The molecule has 0 radical (unpaired) electrons. The van der Waals surface area contributed by atoms with E-state index in [2.05, 4.69) is 20.8 Å². The molecular formula is C15H19FN4O2S. The van der Waals surface area contributed by atoms with Gasteiger partial charge in [0.05, 0.1) is 12.1 Å². The molecule has 1 aromatic carbocycles. The maximum atomic E-state index is 13.6. The summed E-state index contributed by atoms with van der Waals surface area (Å²) in [7, 11) is 0. The Morgan fingerprint density at radius 3 is 2.78 bits per heavy atom. The second kappa shape index (κ2) is 7.47. The molecular weight excluding hydrogens is 319 g/mol. The molecule has 3 N–H and O–H groups in total. The molecule has 2 aromatic rings. The normalized spacial score (nSPS) is 13.4. The van der Waals surface area contributed by atoms with Crippen LogP contribution in [0.3, 0.4) is 0 Å². The minimum absolute atomic E-state index is 0.161. The van der Waals surface area contributed by atoms with E-state index < -0.39 is 11.6 Å². The molecule has 0 aliphatic heterocycles. The van der Waals surface area contributed by atoms with E-state index in [1.807, 2.05) is 6.92 Å². The zero-order chi connectivity index (χ0) is 16.9. The minimum atomic E-state index is -0.690. The van der Waals surface area contributed by atoms with Gasteiger partial charge in [0.1, 0.15) is 10.8 Å². The first-order valence-electron chi connectivity index (χ1n) is 7.21. The smallest absolute Gasteiger partial charge is 0.321 e. The summed E-state index contributed by atoms with van der Waals surface area (Å²) in [5, 5.41) is 23.3. The van der Waals surface area contributed by atoms with Gasteiger partial charge in [0.15, 0.2) is 0 Å². The first-order chi connectivity index (χ1) is 11.0. The fourth-order valence-corrected chi connectivity index (χ4v) is 2.58. The van der Waals surface area contributed by atoms with Crippen molar-refractivity contribution in [2.24, 2.45) is 0 Å². The van der Waals surface area contributed by atoms with Crippen molar-refractivity contribution in [2.45, 2.75) is 32.2 Å². The highest BCUT2D eigenvalue weighted by Crippen LogP contribution is 2.20. The zero-order valence-electron chi connectivity index (χ0n) is 13.0. The van der Waals surface area contributed by atoms with Crippen molar-refractivity contribution in [2.75, 3.05) is 11.9 Å². The Kier molecular flexibility index (Phi) is 5.62. The van der Waals surface area contributed by atoms with E-state index in [9.17, 15) is 14.3 Å². The third kappa shape index (κ3) is 4.70. The van der Waals surface area contributed by atoms with Crippen molar-refractivity contribution in [3.05, 3.63) is 40.7 Å². The average Bonchev–Trinajstić information content (AvgIpc) is 2.96. The lowest BCUT2D eigenvalue weighted by Gasteiger charge is -2.26. The van der Waals surface area contributed by atoms with Gasteiger partial charge in [-0.25, -0.2) is 9.18 Å². The van der Waals surface area contributed by atoms with Gasteiger partial charge in [-0.05, 0) is 25.0 Å². The van der Waals surface area contributed by atoms with Crippen LogP contribution in [0.25, 0.3) is 0 Å². The van der Waals surface area contributed by atoms with Gasteiger partial charge < -0.3 is 10.4 Å². The largest absolute Gasteiger partial charge is 0.394 e. The Balaban J connectivity index is 1.97. The molecule has 2 rings (SSSR count). The highest BCUT2D eigenvalue weighted by molar-refractivity contribution is 7.15. The number of anilines is 1. The topological polar surface area (TPSA) is 87.1 Å². The Morgan fingerprint density at radius 1 is 1.39 bits per heavy atom. The van der Waals surface area contributed by atoms with Crippen molar-refractivity contribution in [1.82, 2.24) is 15.5 Å². The number of rotatable bonds is 6. The molecule has 124 valence electrons. The fourth-order valence-electron chi connectivity index (χ4n) is 1.82. The fraction of sp³-hybridized carbons (Fsp3) is 0.400. The Morgan fingerprint density at radius 2 is 2.13 bits per heavy atom. The van der Waals surface area contributed by atoms with Crippen molar-refractivity contribution < 1.29 is 14.3 Å². The molecule has 8 heteroatoms. The third-order valence-electron chi connectivity index (χ3n) is 3.53. The average molecular weight is 338 g/mol. The van der Waals surface area contributed by atoms with Crippen LogP contribution in [0.1, 0.15) is 30.8 Å². The van der Waals surface area contributed by atoms with Gasteiger partial charge in [-0.2, -0.15) is 0 Å². The molecule has 6 nitrogen and oxygen atoms in total.